The molecule has 45 heavy (non-hydrogen) atoms. The first-order chi connectivity index (χ1) is 22.0. The van der Waals surface area contributed by atoms with Crippen molar-refractivity contribution in [3.05, 3.63) is 12.2 Å². The zero-order chi connectivity index (χ0) is 33.1. The van der Waals surface area contributed by atoms with Crippen LogP contribution in [0.2, 0.25) is 0 Å². The average Bonchev–Trinajstić information content (AvgIpc) is 3.02. The number of rotatable bonds is 34. The molecule has 0 fully saturated rings. The number of ether oxygens (including phenoxy) is 3. The molecule has 1 atom stereocenters. The van der Waals surface area contributed by atoms with Crippen LogP contribution in [0.5, 0.6) is 0 Å². The number of unbranched alkanes of at least 4 members (excludes halogenated alkanes) is 23. The third-order valence-electron chi connectivity index (χ3n) is 8.33. The number of carbonyl (C=O) groups is 3. The molecule has 0 aliphatic carbocycles. The van der Waals surface area contributed by atoms with E-state index in [2.05, 4.69) is 26.0 Å². The van der Waals surface area contributed by atoms with Gasteiger partial charge in [0.05, 0.1) is 0 Å². The van der Waals surface area contributed by atoms with Gasteiger partial charge in [-0.15, -0.1) is 0 Å². The van der Waals surface area contributed by atoms with Gasteiger partial charge in [0.1, 0.15) is 13.2 Å². The van der Waals surface area contributed by atoms with Gasteiger partial charge in [-0.2, -0.15) is 0 Å². The van der Waals surface area contributed by atoms with Gasteiger partial charge in [0, 0.05) is 19.8 Å². The molecular formula is C39H72O6. The number of hydrogen-bond acceptors (Lipinski definition) is 6. The van der Waals surface area contributed by atoms with Gasteiger partial charge in [-0.25, -0.2) is 0 Å². The molecule has 0 rings (SSSR count). The van der Waals surface area contributed by atoms with Crippen molar-refractivity contribution in [2.45, 2.75) is 207 Å². The minimum atomic E-state index is -0.763. The summed E-state index contributed by atoms with van der Waals surface area (Å²) in [4.78, 5) is 35.9. The Bertz CT molecular complexity index is 704. The van der Waals surface area contributed by atoms with Gasteiger partial charge in [0.2, 0.25) is 0 Å². The van der Waals surface area contributed by atoms with Gasteiger partial charge < -0.3 is 14.2 Å². The highest BCUT2D eigenvalue weighted by molar-refractivity contribution is 5.70. The maximum Gasteiger partial charge on any atom is 0.306 e. The lowest BCUT2D eigenvalue weighted by atomic mass is 10.0. The van der Waals surface area contributed by atoms with Crippen molar-refractivity contribution in [3.8, 4) is 0 Å². The summed E-state index contributed by atoms with van der Waals surface area (Å²) < 4.78 is 15.9. The van der Waals surface area contributed by atoms with E-state index >= 15 is 0 Å². The predicted molar refractivity (Wildman–Crippen MR) is 187 cm³/mol. The Balaban J connectivity index is 3.85. The van der Waals surface area contributed by atoms with E-state index in [1.165, 1.54) is 129 Å². The van der Waals surface area contributed by atoms with Crippen LogP contribution in [0.15, 0.2) is 12.2 Å². The van der Waals surface area contributed by atoms with Crippen molar-refractivity contribution in [2.24, 2.45) is 0 Å². The smallest absolute Gasteiger partial charge is 0.306 e. The van der Waals surface area contributed by atoms with Crippen molar-refractivity contribution in [1.82, 2.24) is 0 Å². The first-order valence-electron chi connectivity index (χ1n) is 19.1. The summed E-state index contributed by atoms with van der Waals surface area (Å²) in [5.74, 6) is -1.08. The monoisotopic (exact) mass is 637 g/mol. The van der Waals surface area contributed by atoms with Gasteiger partial charge in [-0.05, 0) is 38.5 Å². The van der Waals surface area contributed by atoms with Gasteiger partial charge in [-0.3, -0.25) is 14.4 Å². The van der Waals surface area contributed by atoms with Gasteiger partial charge in [0.25, 0.3) is 0 Å². The molecule has 0 N–H and O–H groups in total. The van der Waals surface area contributed by atoms with E-state index in [4.69, 9.17) is 14.2 Å². The molecule has 0 aromatic carbocycles. The Morgan fingerprint density at radius 1 is 0.467 bits per heavy atom. The van der Waals surface area contributed by atoms with Gasteiger partial charge in [0.15, 0.2) is 6.10 Å². The molecule has 0 aromatic heterocycles. The molecule has 0 aliphatic heterocycles. The minimum absolute atomic E-state index is 0.0818. The summed E-state index contributed by atoms with van der Waals surface area (Å²) in [5.41, 5.74) is 0. The van der Waals surface area contributed by atoms with Crippen LogP contribution in [-0.4, -0.2) is 37.2 Å². The molecule has 0 radical (unpaired) electrons. The Kier molecular flexibility index (Phi) is 33.6. The molecule has 6 nitrogen and oxygen atoms in total. The number of esters is 3. The standard InChI is InChI=1S/C39H72O6/c1-4-6-8-10-12-14-16-18-19-21-22-24-26-28-30-32-38(41)44-35-37(34-43-36(3)40)45-39(42)33-31-29-27-25-23-20-17-15-13-11-9-7-5-2/h18-19,37H,4-17,20-35H2,1-3H3/b19-18-. The van der Waals surface area contributed by atoms with Crippen molar-refractivity contribution in [1.29, 1.82) is 0 Å². The van der Waals surface area contributed by atoms with Crippen LogP contribution in [-0.2, 0) is 28.6 Å². The van der Waals surface area contributed by atoms with Crippen LogP contribution in [0, 0.1) is 0 Å². The van der Waals surface area contributed by atoms with Crippen molar-refractivity contribution >= 4 is 17.9 Å². The predicted octanol–water partition coefficient (Wildman–Crippen LogP) is 11.5. The third-order valence-corrected chi connectivity index (χ3v) is 8.33. The first kappa shape index (κ1) is 43.1. The largest absolute Gasteiger partial charge is 0.462 e. The lowest BCUT2D eigenvalue weighted by Crippen LogP contribution is -2.30. The second-order valence-corrected chi connectivity index (χ2v) is 12.9. The molecular weight excluding hydrogens is 564 g/mol. The second kappa shape index (κ2) is 35.0. The van der Waals surface area contributed by atoms with E-state index in [1.54, 1.807) is 0 Å². The number of hydrogen-bond donors (Lipinski definition) is 0. The fourth-order valence-electron chi connectivity index (χ4n) is 5.46. The van der Waals surface area contributed by atoms with Crippen LogP contribution in [0.3, 0.4) is 0 Å². The van der Waals surface area contributed by atoms with Crippen LogP contribution < -0.4 is 0 Å². The molecule has 1 unspecified atom stereocenters. The van der Waals surface area contributed by atoms with E-state index in [0.29, 0.717) is 12.8 Å². The molecule has 0 saturated carbocycles. The van der Waals surface area contributed by atoms with Crippen LogP contribution in [0.4, 0.5) is 0 Å². The maximum atomic E-state index is 12.4. The molecule has 0 spiro atoms. The summed E-state index contributed by atoms with van der Waals surface area (Å²) in [5, 5.41) is 0. The highest BCUT2D eigenvalue weighted by Crippen LogP contribution is 2.14. The van der Waals surface area contributed by atoms with E-state index in [-0.39, 0.29) is 25.2 Å². The van der Waals surface area contributed by atoms with E-state index in [9.17, 15) is 14.4 Å². The topological polar surface area (TPSA) is 78.9 Å². The molecule has 0 aromatic rings. The summed E-state index contributed by atoms with van der Waals surface area (Å²) in [6, 6.07) is 0. The average molecular weight is 637 g/mol. The first-order valence-corrected chi connectivity index (χ1v) is 19.1. The summed E-state index contributed by atoms with van der Waals surface area (Å²) in [7, 11) is 0. The van der Waals surface area contributed by atoms with Crippen LogP contribution >= 0.6 is 0 Å². The van der Waals surface area contributed by atoms with Crippen molar-refractivity contribution in [2.75, 3.05) is 13.2 Å². The molecule has 264 valence electrons. The second-order valence-electron chi connectivity index (χ2n) is 12.9. The van der Waals surface area contributed by atoms with Gasteiger partial charge >= 0.3 is 17.9 Å². The maximum absolute atomic E-state index is 12.4. The molecule has 0 amide bonds. The lowest BCUT2D eigenvalue weighted by molar-refractivity contribution is -0.166. The molecule has 0 heterocycles. The summed E-state index contributed by atoms with van der Waals surface area (Å²) >= 11 is 0. The Morgan fingerprint density at radius 2 is 0.822 bits per heavy atom. The highest BCUT2D eigenvalue weighted by Gasteiger charge is 2.18. The van der Waals surface area contributed by atoms with E-state index in [0.717, 1.165) is 44.9 Å². The highest BCUT2D eigenvalue weighted by atomic mass is 16.6. The fourth-order valence-corrected chi connectivity index (χ4v) is 5.46. The minimum Gasteiger partial charge on any atom is -0.462 e. The van der Waals surface area contributed by atoms with Crippen LogP contribution in [0.25, 0.3) is 0 Å². The zero-order valence-corrected chi connectivity index (χ0v) is 29.9. The zero-order valence-electron chi connectivity index (χ0n) is 29.9. The normalized spacial score (nSPS) is 12.0. The Labute approximate surface area is 278 Å². The number of carbonyl (C=O) groups excluding carboxylic acids is 3. The Hall–Kier alpha value is -1.85. The summed E-state index contributed by atoms with van der Waals surface area (Å²) in [6.07, 6.45) is 36.5. The molecule has 0 saturated heterocycles. The molecule has 6 heteroatoms. The number of allylic oxidation sites excluding steroid dienone is 2. The SMILES string of the molecule is CCCCCCCC/C=C\CCCCCCCC(=O)OCC(COC(C)=O)OC(=O)CCCCCCCCCCCCCCC. The quantitative estimate of drug-likeness (QED) is 0.0303. The van der Waals surface area contributed by atoms with Crippen molar-refractivity contribution in [3.63, 3.8) is 0 Å². The van der Waals surface area contributed by atoms with E-state index in [1.807, 2.05) is 0 Å². The van der Waals surface area contributed by atoms with Crippen molar-refractivity contribution < 1.29 is 28.6 Å². The van der Waals surface area contributed by atoms with Crippen LogP contribution in [0.1, 0.15) is 201 Å². The molecule has 0 bridgehead atoms. The van der Waals surface area contributed by atoms with Gasteiger partial charge in [-0.1, -0.05) is 154 Å². The summed E-state index contributed by atoms with van der Waals surface area (Å²) in [6.45, 7) is 5.64. The Morgan fingerprint density at radius 3 is 1.24 bits per heavy atom. The fraction of sp³-hybridized carbons (Fsp3) is 0.872. The molecule has 0 aliphatic rings. The van der Waals surface area contributed by atoms with E-state index < -0.39 is 12.1 Å². The lowest BCUT2D eigenvalue weighted by Gasteiger charge is -2.18. The third kappa shape index (κ3) is 34.9.